The fraction of sp³-hybridized carbons (Fsp3) is 0.348. The first-order chi connectivity index (χ1) is 16.0. The molecule has 0 aliphatic carbocycles. The number of hydrogen-bond acceptors (Lipinski definition) is 6. The van der Waals surface area contributed by atoms with Crippen LogP contribution in [0.25, 0.3) is 21.9 Å². The highest BCUT2D eigenvalue weighted by atomic mass is 16.1. The first kappa shape index (κ1) is 20.9. The molecule has 0 radical (unpaired) electrons. The van der Waals surface area contributed by atoms with Crippen LogP contribution >= 0.6 is 0 Å². The minimum Gasteiger partial charge on any atom is -0.354 e. The molecule has 0 amide bonds. The molecule has 3 aromatic heterocycles. The van der Waals surface area contributed by atoms with Crippen molar-refractivity contribution in [3.63, 3.8) is 0 Å². The molecule has 0 spiro atoms. The van der Waals surface area contributed by atoms with Crippen LogP contribution in [0.15, 0.2) is 40.1 Å². The van der Waals surface area contributed by atoms with Crippen molar-refractivity contribution >= 4 is 27.9 Å². The van der Waals surface area contributed by atoms with Crippen LogP contribution in [0, 0.1) is 11.8 Å². The molecule has 1 unspecified atom stereocenters. The van der Waals surface area contributed by atoms with Crippen molar-refractivity contribution in [1.29, 1.82) is 0 Å². The van der Waals surface area contributed by atoms with Gasteiger partial charge in [-0.05, 0) is 25.5 Å². The van der Waals surface area contributed by atoms with E-state index in [0.29, 0.717) is 40.3 Å². The van der Waals surface area contributed by atoms with Gasteiger partial charge < -0.3 is 15.6 Å². The van der Waals surface area contributed by atoms with Gasteiger partial charge >= 0.3 is 0 Å². The number of rotatable bonds is 4. The average molecular weight is 446 g/mol. The highest BCUT2D eigenvalue weighted by Crippen LogP contribution is 2.22. The number of aromatic amines is 1. The van der Waals surface area contributed by atoms with Crippen molar-refractivity contribution in [1.82, 2.24) is 29.3 Å². The van der Waals surface area contributed by atoms with Gasteiger partial charge in [0, 0.05) is 13.0 Å². The standard InChI is InChI=1S/C23H24N8O2/c1-2-3-11-30-20-18(27-23(30)29-10-6-7-15(24)13-29)12-25-31(22(20)33)14-19-26-17-9-5-4-8-16(17)21(32)28-19/h4-5,8-9,12,15H,6-7,10-11,13-14,24H2,1H3,(H,26,28,32)/p+1. The van der Waals surface area contributed by atoms with E-state index in [2.05, 4.69) is 37.5 Å². The lowest BCUT2D eigenvalue weighted by Crippen LogP contribution is -2.67. The second-order valence-electron chi connectivity index (χ2n) is 8.25. The summed E-state index contributed by atoms with van der Waals surface area (Å²) < 4.78 is 3.16. The van der Waals surface area contributed by atoms with Crippen molar-refractivity contribution in [2.45, 2.75) is 38.9 Å². The molecule has 4 aromatic rings. The molecule has 1 fully saturated rings. The summed E-state index contributed by atoms with van der Waals surface area (Å²) in [7, 11) is 0. The van der Waals surface area contributed by atoms with Gasteiger partial charge in [0.15, 0.2) is 0 Å². The molecule has 0 bridgehead atoms. The number of nitrogens with one attached hydrogen (secondary N) is 1. The van der Waals surface area contributed by atoms with Crippen molar-refractivity contribution in [2.75, 3.05) is 18.0 Å². The van der Waals surface area contributed by atoms with Crippen LogP contribution < -0.4 is 21.8 Å². The molecule has 4 heterocycles. The first-order valence-corrected chi connectivity index (χ1v) is 11.0. The van der Waals surface area contributed by atoms with Gasteiger partial charge in [-0.25, -0.2) is 14.6 Å². The van der Waals surface area contributed by atoms with Crippen LogP contribution in [0.4, 0.5) is 5.95 Å². The van der Waals surface area contributed by atoms with Gasteiger partial charge in [-0.1, -0.05) is 18.1 Å². The van der Waals surface area contributed by atoms with Crippen molar-refractivity contribution in [3.8, 4) is 11.8 Å². The Kier molecular flexibility index (Phi) is 5.40. The molecule has 0 saturated carbocycles. The van der Waals surface area contributed by atoms with Crippen molar-refractivity contribution in [3.05, 3.63) is 57.0 Å². The van der Waals surface area contributed by atoms with Crippen LogP contribution in [0.2, 0.25) is 0 Å². The number of nitrogens with zero attached hydrogens (tertiary/aromatic N) is 6. The number of hydrogen-bond donors (Lipinski definition) is 2. The SMILES string of the molecule is CC#CCn1c(N2CCCC([NH3+])C2)nc2cnn(Cc3nc4ccccc4c(=O)[nH]3)c(=O)c21. The largest absolute Gasteiger partial charge is 0.354 e. The summed E-state index contributed by atoms with van der Waals surface area (Å²) in [4.78, 5) is 40.0. The topological polar surface area (TPSA) is 129 Å². The summed E-state index contributed by atoms with van der Waals surface area (Å²) in [6, 6.07) is 7.41. The van der Waals surface area contributed by atoms with Gasteiger partial charge in [0.25, 0.3) is 11.1 Å². The molecule has 10 heteroatoms. The summed E-state index contributed by atoms with van der Waals surface area (Å²) >= 11 is 0. The number of para-hydroxylation sites is 1. The van der Waals surface area contributed by atoms with Crippen LogP contribution in [-0.4, -0.2) is 48.4 Å². The average Bonchev–Trinajstić information content (AvgIpc) is 3.19. The quantitative estimate of drug-likeness (QED) is 0.429. The van der Waals surface area contributed by atoms with Gasteiger partial charge in [-0.3, -0.25) is 14.2 Å². The van der Waals surface area contributed by atoms with Gasteiger partial charge in [0.2, 0.25) is 5.95 Å². The fourth-order valence-electron chi connectivity index (χ4n) is 4.33. The fourth-order valence-corrected chi connectivity index (χ4v) is 4.33. The molecule has 1 aromatic carbocycles. The number of benzene rings is 1. The van der Waals surface area contributed by atoms with E-state index in [1.807, 2.05) is 10.6 Å². The molecule has 10 nitrogen and oxygen atoms in total. The number of imidazole rings is 1. The van der Waals surface area contributed by atoms with Crippen LogP contribution in [0.1, 0.15) is 25.6 Å². The minimum atomic E-state index is -0.303. The van der Waals surface area contributed by atoms with E-state index in [-0.39, 0.29) is 17.7 Å². The van der Waals surface area contributed by atoms with E-state index >= 15 is 0 Å². The van der Waals surface area contributed by atoms with Gasteiger partial charge in [0.05, 0.1) is 30.2 Å². The Hall–Kier alpha value is -3.97. The van der Waals surface area contributed by atoms with Crippen LogP contribution in [0.5, 0.6) is 0 Å². The highest BCUT2D eigenvalue weighted by Gasteiger charge is 2.25. The summed E-state index contributed by atoms with van der Waals surface area (Å²) in [6.07, 6.45) is 3.69. The van der Waals surface area contributed by atoms with E-state index in [1.54, 1.807) is 31.3 Å². The van der Waals surface area contributed by atoms with E-state index in [1.165, 1.54) is 4.68 Å². The number of aromatic nitrogens is 6. The molecular formula is C23H25N8O2+. The predicted octanol–water partition coefficient (Wildman–Crippen LogP) is 0.112. The molecule has 1 saturated heterocycles. The van der Waals surface area contributed by atoms with Crippen molar-refractivity contribution in [2.24, 2.45) is 0 Å². The molecule has 5 rings (SSSR count). The highest BCUT2D eigenvalue weighted by molar-refractivity contribution is 5.78. The van der Waals surface area contributed by atoms with E-state index in [4.69, 9.17) is 4.98 Å². The molecular weight excluding hydrogens is 420 g/mol. The second-order valence-corrected chi connectivity index (χ2v) is 8.25. The van der Waals surface area contributed by atoms with E-state index in [0.717, 1.165) is 31.9 Å². The smallest absolute Gasteiger partial charge is 0.293 e. The zero-order valence-electron chi connectivity index (χ0n) is 18.4. The molecule has 1 atom stereocenters. The van der Waals surface area contributed by atoms with Gasteiger partial charge in [0.1, 0.15) is 29.4 Å². The Labute approximate surface area is 189 Å². The van der Waals surface area contributed by atoms with E-state index < -0.39 is 0 Å². The molecule has 1 aliphatic rings. The Morgan fingerprint density at radius 1 is 1.21 bits per heavy atom. The van der Waals surface area contributed by atoms with Gasteiger partial charge in [-0.2, -0.15) is 5.10 Å². The van der Waals surface area contributed by atoms with Crippen molar-refractivity contribution < 1.29 is 5.73 Å². The lowest BCUT2D eigenvalue weighted by molar-refractivity contribution is -0.419. The Morgan fingerprint density at radius 3 is 2.88 bits per heavy atom. The maximum atomic E-state index is 13.5. The monoisotopic (exact) mass is 445 g/mol. The zero-order valence-corrected chi connectivity index (χ0v) is 18.4. The van der Waals surface area contributed by atoms with E-state index in [9.17, 15) is 9.59 Å². The number of fused-ring (bicyclic) bond motifs is 2. The zero-order chi connectivity index (χ0) is 22.9. The van der Waals surface area contributed by atoms with Crippen LogP contribution in [0.3, 0.4) is 0 Å². The number of anilines is 1. The number of quaternary nitrogens is 1. The second kappa shape index (κ2) is 8.52. The summed E-state index contributed by atoms with van der Waals surface area (Å²) in [5.74, 6) is 7.04. The Morgan fingerprint density at radius 2 is 2.06 bits per heavy atom. The molecule has 168 valence electrons. The summed E-state index contributed by atoms with van der Waals surface area (Å²) in [6.45, 7) is 3.81. The lowest BCUT2D eigenvalue weighted by Gasteiger charge is -2.29. The first-order valence-electron chi connectivity index (χ1n) is 11.0. The molecule has 1 aliphatic heterocycles. The molecule has 33 heavy (non-hydrogen) atoms. The Bertz CT molecular complexity index is 1520. The summed E-state index contributed by atoms with van der Waals surface area (Å²) in [5, 5.41) is 4.81. The van der Waals surface area contributed by atoms with Crippen LogP contribution in [-0.2, 0) is 13.1 Å². The number of H-pyrrole nitrogens is 1. The normalized spacial score (nSPS) is 16.2. The summed E-state index contributed by atoms with van der Waals surface area (Å²) in [5.41, 5.74) is 5.19. The third-order valence-corrected chi connectivity index (χ3v) is 5.91. The third-order valence-electron chi connectivity index (χ3n) is 5.91. The number of piperidine rings is 1. The predicted molar refractivity (Wildman–Crippen MR) is 125 cm³/mol. The lowest BCUT2D eigenvalue weighted by atomic mass is 10.1. The third kappa shape index (κ3) is 3.87. The molecule has 4 N–H and O–H groups in total. The van der Waals surface area contributed by atoms with Gasteiger partial charge in [-0.15, -0.1) is 5.92 Å². The maximum absolute atomic E-state index is 13.5. The minimum absolute atomic E-state index is 0.0412. The Balaban J connectivity index is 1.60. The maximum Gasteiger partial charge on any atom is 0.293 e.